The van der Waals surface area contributed by atoms with Gasteiger partial charge in [0.1, 0.15) is 5.15 Å². The van der Waals surface area contributed by atoms with Gasteiger partial charge in [-0.2, -0.15) is 4.31 Å². The Hall–Kier alpha value is -1.43. The molecule has 2 aromatic rings. The fourth-order valence-electron chi connectivity index (χ4n) is 2.17. The Morgan fingerprint density at radius 1 is 1.11 bits per heavy atom. The number of sulfonamides is 1. The Morgan fingerprint density at radius 3 is 2.32 bits per heavy atom. The van der Waals surface area contributed by atoms with E-state index in [1.54, 1.807) is 0 Å². The highest BCUT2D eigenvalue weighted by Crippen LogP contribution is 2.28. The van der Waals surface area contributed by atoms with Crippen molar-refractivity contribution in [2.45, 2.75) is 18.0 Å². The van der Waals surface area contributed by atoms with Gasteiger partial charge in [-0.05, 0) is 23.3 Å². The Morgan fingerprint density at radius 2 is 1.74 bits per heavy atom. The van der Waals surface area contributed by atoms with Gasteiger partial charge >= 0.3 is 0 Å². The highest BCUT2D eigenvalue weighted by molar-refractivity contribution is 7.89. The second-order valence-corrected chi connectivity index (χ2v) is 6.68. The number of halogens is 1. The number of benzene rings is 1. The summed E-state index contributed by atoms with van der Waals surface area (Å²) in [6.45, 7) is 0.802. The number of hydrogen-bond acceptors (Lipinski definition) is 3. The third-order valence-corrected chi connectivity index (χ3v) is 5.14. The lowest BCUT2D eigenvalue weighted by molar-refractivity contribution is 0.431. The van der Waals surface area contributed by atoms with E-state index < -0.39 is 10.0 Å². The predicted octanol–water partition coefficient (Wildman–Crippen LogP) is 2.44. The fraction of sp³-hybridized carbons (Fsp3) is 0.154. The first-order valence-electron chi connectivity index (χ1n) is 5.76. The number of pyridine rings is 1. The summed E-state index contributed by atoms with van der Waals surface area (Å²) < 4.78 is 26.4. The number of rotatable bonds is 2. The van der Waals surface area contributed by atoms with Crippen LogP contribution >= 0.6 is 11.6 Å². The maximum Gasteiger partial charge on any atom is 0.243 e. The SMILES string of the molecule is O=S(=O)(c1ccnc(Cl)c1)N1Cc2ccccc2C1. The van der Waals surface area contributed by atoms with Crippen molar-refractivity contribution in [3.8, 4) is 0 Å². The molecule has 3 rings (SSSR count). The molecular formula is C13H11ClN2O2S. The standard InChI is InChI=1S/C13H11ClN2O2S/c14-13-7-12(5-6-15-13)19(17,18)16-8-10-3-1-2-4-11(10)9-16/h1-7H,8-9H2. The second-order valence-electron chi connectivity index (χ2n) is 4.36. The molecule has 1 aliphatic rings. The van der Waals surface area contributed by atoms with Crippen molar-refractivity contribution in [1.82, 2.24) is 9.29 Å². The molecule has 6 heteroatoms. The topological polar surface area (TPSA) is 50.3 Å². The van der Waals surface area contributed by atoms with Crippen LogP contribution in [-0.4, -0.2) is 17.7 Å². The van der Waals surface area contributed by atoms with E-state index >= 15 is 0 Å². The monoisotopic (exact) mass is 294 g/mol. The molecule has 1 aliphatic heterocycles. The average Bonchev–Trinajstić information content (AvgIpc) is 2.83. The molecule has 0 amide bonds. The Bertz CT molecular complexity index is 706. The number of aromatic nitrogens is 1. The minimum atomic E-state index is -3.52. The van der Waals surface area contributed by atoms with Gasteiger partial charge in [0.25, 0.3) is 0 Å². The first-order valence-corrected chi connectivity index (χ1v) is 7.58. The molecule has 98 valence electrons. The van der Waals surface area contributed by atoms with Gasteiger partial charge < -0.3 is 0 Å². The summed E-state index contributed by atoms with van der Waals surface area (Å²) in [5.41, 5.74) is 2.09. The normalized spacial score (nSPS) is 15.4. The highest BCUT2D eigenvalue weighted by atomic mass is 35.5. The zero-order chi connectivity index (χ0) is 13.5. The number of nitrogens with zero attached hydrogens (tertiary/aromatic N) is 2. The molecule has 0 fully saturated rings. The van der Waals surface area contributed by atoms with Crippen LogP contribution in [-0.2, 0) is 23.1 Å². The molecule has 0 aliphatic carbocycles. The van der Waals surface area contributed by atoms with Gasteiger partial charge in [0.15, 0.2) is 0 Å². The van der Waals surface area contributed by atoms with Crippen molar-refractivity contribution in [3.05, 3.63) is 58.9 Å². The average molecular weight is 295 g/mol. The van der Waals surface area contributed by atoms with Crippen LogP contribution in [0.4, 0.5) is 0 Å². The predicted molar refractivity (Wildman–Crippen MR) is 72.1 cm³/mol. The molecule has 19 heavy (non-hydrogen) atoms. The fourth-order valence-corrected chi connectivity index (χ4v) is 3.81. The van der Waals surface area contributed by atoms with Crippen LogP contribution in [0.1, 0.15) is 11.1 Å². The summed E-state index contributed by atoms with van der Waals surface area (Å²) in [5, 5.41) is 0.179. The molecule has 0 bridgehead atoms. The molecule has 1 aromatic carbocycles. The second kappa shape index (κ2) is 4.59. The van der Waals surface area contributed by atoms with Gasteiger partial charge in [0, 0.05) is 19.3 Å². The van der Waals surface area contributed by atoms with Crippen LogP contribution in [0, 0.1) is 0 Å². The molecule has 0 atom stereocenters. The minimum absolute atomic E-state index is 0.179. The van der Waals surface area contributed by atoms with Crippen molar-refractivity contribution in [2.24, 2.45) is 0 Å². The van der Waals surface area contributed by atoms with Gasteiger partial charge in [-0.3, -0.25) is 0 Å². The van der Waals surface area contributed by atoms with Gasteiger partial charge in [-0.1, -0.05) is 35.9 Å². The quantitative estimate of drug-likeness (QED) is 0.799. The maximum absolute atomic E-state index is 12.5. The largest absolute Gasteiger partial charge is 0.244 e. The molecule has 0 saturated heterocycles. The molecule has 0 unspecified atom stereocenters. The lowest BCUT2D eigenvalue weighted by Gasteiger charge is -2.15. The van der Waals surface area contributed by atoms with Crippen LogP contribution in [0.5, 0.6) is 0 Å². The molecule has 0 radical (unpaired) electrons. The molecule has 0 saturated carbocycles. The van der Waals surface area contributed by atoms with E-state index in [2.05, 4.69) is 4.98 Å². The van der Waals surface area contributed by atoms with E-state index in [9.17, 15) is 8.42 Å². The van der Waals surface area contributed by atoms with E-state index in [-0.39, 0.29) is 10.0 Å². The van der Waals surface area contributed by atoms with E-state index in [0.717, 1.165) is 11.1 Å². The molecule has 2 heterocycles. The zero-order valence-corrected chi connectivity index (χ0v) is 11.5. The summed E-state index contributed by atoms with van der Waals surface area (Å²) in [4.78, 5) is 3.98. The van der Waals surface area contributed by atoms with Crippen LogP contribution in [0.15, 0.2) is 47.5 Å². The molecule has 0 spiro atoms. The molecular weight excluding hydrogens is 284 g/mol. The maximum atomic E-state index is 12.5. The van der Waals surface area contributed by atoms with Gasteiger partial charge in [0.05, 0.1) is 4.90 Å². The molecule has 1 aromatic heterocycles. The van der Waals surface area contributed by atoms with Gasteiger partial charge in [0.2, 0.25) is 10.0 Å². The van der Waals surface area contributed by atoms with Crippen LogP contribution in [0.3, 0.4) is 0 Å². The zero-order valence-electron chi connectivity index (χ0n) is 9.95. The number of fused-ring (bicyclic) bond motifs is 1. The number of hydrogen-bond donors (Lipinski definition) is 0. The smallest absolute Gasteiger partial charge is 0.243 e. The van der Waals surface area contributed by atoms with Crippen LogP contribution in [0.2, 0.25) is 5.15 Å². The van der Waals surface area contributed by atoms with E-state index in [1.165, 1.54) is 22.6 Å². The van der Waals surface area contributed by atoms with E-state index in [0.29, 0.717) is 13.1 Å². The lowest BCUT2D eigenvalue weighted by Crippen LogP contribution is -2.25. The van der Waals surface area contributed by atoms with Crippen molar-refractivity contribution in [3.63, 3.8) is 0 Å². The first-order chi connectivity index (χ1) is 9.07. The Labute approximate surface area is 116 Å². The minimum Gasteiger partial charge on any atom is -0.244 e. The van der Waals surface area contributed by atoms with E-state index in [4.69, 9.17) is 11.6 Å². The third kappa shape index (κ3) is 2.25. The highest BCUT2D eigenvalue weighted by Gasteiger charge is 2.30. The summed E-state index contributed by atoms with van der Waals surface area (Å²) in [6.07, 6.45) is 1.40. The van der Waals surface area contributed by atoms with Crippen molar-refractivity contribution in [2.75, 3.05) is 0 Å². The lowest BCUT2D eigenvalue weighted by atomic mass is 10.1. The molecule has 0 N–H and O–H groups in total. The first kappa shape index (κ1) is 12.6. The van der Waals surface area contributed by atoms with E-state index in [1.807, 2.05) is 24.3 Å². The summed E-state index contributed by atoms with van der Waals surface area (Å²) >= 11 is 5.75. The van der Waals surface area contributed by atoms with Gasteiger partial charge in [-0.25, -0.2) is 13.4 Å². The van der Waals surface area contributed by atoms with Crippen molar-refractivity contribution in [1.29, 1.82) is 0 Å². The Kier molecular flexibility index (Phi) is 3.05. The van der Waals surface area contributed by atoms with Crippen molar-refractivity contribution < 1.29 is 8.42 Å². The molecule has 4 nitrogen and oxygen atoms in total. The van der Waals surface area contributed by atoms with Crippen LogP contribution in [0.25, 0.3) is 0 Å². The third-order valence-electron chi connectivity index (χ3n) is 3.15. The van der Waals surface area contributed by atoms with Crippen LogP contribution < -0.4 is 0 Å². The van der Waals surface area contributed by atoms with Gasteiger partial charge in [-0.15, -0.1) is 0 Å². The summed E-state index contributed by atoms with van der Waals surface area (Å²) in [7, 11) is -3.52. The Balaban J connectivity index is 1.96. The summed E-state index contributed by atoms with van der Waals surface area (Å²) in [6, 6.07) is 10.6. The van der Waals surface area contributed by atoms with Crippen molar-refractivity contribution >= 4 is 21.6 Å². The summed E-state index contributed by atoms with van der Waals surface area (Å²) in [5.74, 6) is 0.